The minimum absolute atomic E-state index is 0.0396. The molecule has 0 aliphatic carbocycles. The number of benzene rings is 2. The lowest BCUT2D eigenvalue weighted by molar-refractivity contribution is 0.0571. The van der Waals surface area contributed by atoms with E-state index in [4.69, 9.17) is 9.72 Å². The van der Waals surface area contributed by atoms with Gasteiger partial charge < -0.3 is 14.6 Å². The van der Waals surface area contributed by atoms with E-state index in [1.807, 2.05) is 47.4 Å². The number of likely N-dealkylation sites (tertiary alicyclic amines) is 1. The molecule has 0 bridgehead atoms. The van der Waals surface area contributed by atoms with Gasteiger partial charge in [-0.3, -0.25) is 9.36 Å². The number of rotatable bonds is 7. The van der Waals surface area contributed by atoms with Crippen molar-refractivity contribution in [3.63, 3.8) is 0 Å². The number of H-pyrrole nitrogens is 1. The predicted molar refractivity (Wildman–Crippen MR) is 144 cm³/mol. The fourth-order valence-corrected chi connectivity index (χ4v) is 5.17. The van der Waals surface area contributed by atoms with Gasteiger partial charge in [-0.25, -0.2) is 14.8 Å². The Morgan fingerprint density at radius 3 is 2.70 bits per heavy atom. The second-order valence-electron chi connectivity index (χ2n) is 10.1. The molecule has 192 valence electrons. The maximum absolute atomic E-state index is 13.1. The van der Waals surface area contributed by atoms with Crippen molar-refractivity contribution in [1.29, 1.82) is 0 Å². The minimum Gasteiger partial charge on any atom is -0.384 e. The summed E-state index contributed by atoms with van der Waals surface area (Å²) in [6, 6.07) is 15.6. The monoisotopic (exact) mass is 499 g/mol. The molecule has 1 fully saturated rings. The molecule has 8 heteroatoms. The Balaban J connectivity index is 1.38. The number of methoxy groups -OCH3 is 1. The molecule has 0 spiro atoms. The zero-order chi connectivity index (χ0) is 25.9. The van der Waals surface area contributed by atoms with Crippen molar-refractivity contribution < 1.29 is 9.53 Å². The highest BCUT2D eigenvalue weighted by molar-refractivity contribution is 5.94. The van der Waals surface area contributed by atoms with E-state index in [0.29, 0.717) is 47.5 Å². The van der Waals surface area contributed by atoms with E-state index >= 15 is 0 Å². The van der Waals surface area contributed by atoms with Crippen LogP contribution in [0.5, 0.6) is 0 Å². The van der Waals surface area contributed by atoms with Gasteiger partial charge in [0.15, 0.2) is 11.5 Å². The highest BCUT2D eigenvalue weighted by Crippen LogP contribution is 2.27. The first-order valence-corrected chi connectivity index (χ1v) is 12.9. The average molecular weight is 500 g/mol. The van der Waals surface area contributed by atoms with E-state index in [9.17, 15) is 9.59 Å². The van der Waals surface area contributed by atoms with E-state index in [0.717, 1.165) is 42.6 Å². The van der Waals surface area contributed by atoms with Crippen LogP contribution in [0.2, 0.25) is 0 Å². The molecule has 4 aromatic rings. The van der Waals surface area contributed by atoms with Gasteiger partial charge in [0.25, 0.3) is 5.91 Å². The summed E-state index contributed by atoms with van der Waals surface area (Å²) in [5.41, 5.74) is 4.61. The van der Waals surface area contributed by atoms with Crippen LogP contribution >= 0.6 is 0 Å². The molecule has 1 aliphatic heterocycles. The first-order chi connectivity index (χ1) is 17.9. The van der Waals surface area contributed by atoms with Gasteiger partial charge in [-0.1, -0.05) is 50.2 Å². The van der Waals surface area contributed by atoms with Crippen molar-refractivity contribution >= 4 is 17.1 Å². The summed E-state index contributed by atoms with van der Waals surface area (Å²) >= 11 is 0. The largest absolute Gasteiger partial charge is 0.384 e. The third kappa shape index (κ3) is 5.20. The van der Waals surface area contributed by atoms with Gasteiger partial charge in [-0.05, 0) is 47.9 Å². The van der Waals surface area contributed by atoms with Crippen molar-refractivity contribution in [2.75, 3.05) is 26.8 Å². The molecule has 2 aromatic heterocycles. The number of piperidine rings is 1. The van der Waals surface area contributed by atoms with Crippen LogP contribution in [-0.2, 0) is 11.3 Å². The van der Waals surface area contributed by atoms with Gasteiger partial charge >= 0.3 is 5.69 Å². The van der Waals surface area contributed by atoms with Crippen molar-refractivity contribution in [2.24, 2.45) is 5.92 Å². The Hall–Kier alpha value is -3.78. The maximum Gasteiger partial charge on any atom is 0.328 e. The number of ether oxygens (including phenoxy) is 1. The summed E-state index contributed by atoms with van der Waals surface area (Å²) in [5.74, 6) is 1.34. The fraction of sp³-hybridized carbons (Fsp3) is 0.379. The number of hydrogen-bond donors (Lipinski definition) is 1. The van der Waals surface area contributed by atoms with Crippen LogP contribution in [0, 0.1) is 5.92 Å². The van der Waals surface area contributed by atoms with E-state index in [1.165, 1.54) is 0 Å². The Labute approximate surface area is 216 Å². The molecule has 3 heterocycles. The summed E-state index contributed by atoms with van der Waals surface area (Å²) in [5, 5.41) is 0. The topological polar surface area (TPSA) is 93.1 Å². The maximum atomic E-state index is 13.1. The molecule has 0 saturated carbocycles. The summed E-state index contributed by atoms with van der Waals surface area (Å²) in [7, 11) is 1.70. The van der Waals surface area contributed by atoms with Gasteiger partial charge in [0, 0.05) is 31.3 Å². The zero-order valence-corrected chi connectivity index (χ0v) is 21.6. The van der Waals surface area contributed by atoms with Crippen molar-refractivity contribution in [1.82, 2.24) is 24.4 Å². The number of carbonyl (C=O) groups is 1. The highest BCUT2D eigenvalue weighted by Gasteiger charge is 2.24. The number of hydrogen-bond acceptors (Lipinski definition) is 5. The smallest absolute Gasteiger partial charge is 0.328 e. The molecule has 1 amide bonds. The summed E-state index contributed by atoms with van der Waals surface area (Å²) in [4.78, 5) is 40.0. The van der Waals surface area contributed by atoms with Crippen molar-refractivity contribution in [3.05, 3.63) is 81.9 Å². The third-order valence-electron chi connectivity index (χ3n) is 7.08. The number of fused-ring (bicyclic) bond motifs is 1. The van der Waals surface area contributed by atoms with Gasteiger partial charge in [0.2, 0.25) is 0 Å². The first-order valence-electron chi connectivity index (χ1n) is 12.9. The quantitative estimate of drug-likeness (QED) is 0.405. The molecule has 1 atom stereocenters. The minimum atomic E-state index is -0.240. The molecule has 5 rings (SSSR count). The van der Waals surface area contributed by atoms with Gasteiger partial charge in [-0.15, -0.1) is 0 Å². The average Bonchev–Trinajstić information content (AvgIpc) is 3.23. The lowest BCUT2D eigenvalue weighted by atomic mass is 9.97. The van der Waals surface area contributed by atoms with E-state index < -0.39 is 0 Å². The number of imidazole rings is 1. The first kappa shape index (κ1) is 24.9. The Bertz CT molecular complexity index is 1450. The van der Waals surface area contributed by atoms with Crippen molar-refractivity contribution in [2.45, 2.75) is 39.2 Å². The van der Waals surface area contributed by atoms with E-state index in [-0.39, 0.29) is 11.6 Å². The normalized spacial score (nSPS) is 16.0. The Morgan fingerprint density at radius 1 is 1.16 bits per heavy atom. The van der Waals surface area contributed by atoms with Crippen LogP contribution < -0.4 is 5.69 Å². The summed E-state index contributed by atoms with van der Waals surface area (Å²) in [6.07, 6.45) is 3.75. The lowest BCUT2D eigenvalue weighted by Crippen LogP contribution is -2.41. The molecule has 1 saturated heterocycles. The van der Waals surface area contributed by atoms with Gasteiger partial charge in [0.05, 0.1) is 19.3 Å². The van der Waals surface area contributed by atoms with Crippen LogP contribution in [0.15, 0.2) is 59.5 Å². The molecule has 1 N–H and O–H groups in total. The summed E-state index contributed by atoms with van der Waals surface area (Å²) < 4.78 is 6.91. The molecular weight excluding hydrogens is 466 g/mol. The van der Waals surface area contributed by atoms with Gasteiger partial charge in [-0.2, -0.15) is 0 Å². The second-order valence-corrected chi connectivity index (χ2v) is 10.1. The predicted octanol–water partition coefficient (Wildman–Crippen LogP) is 4.46. The number of carbonyl (C=O) groups excluding carboxylic acids is 1. The third-order valence-corrected chi connectivity index (χ3v) is 7.08. The molecule has 1 aliphatic rings. The number of aromatic amines is 1. The lowest BCUT2D eigenvalue weighted by Gasteiger charge is -2.32. The van der Waals surface area contributed by atoms with Gasteiger partial charge in [0.1, 0.15) is 5.52 Å². The standard InChI is InChI=1S/C29H33N5O3/c1-19(2)23-8-4-5-9-24(23)26-30-15-25-27(32-26)34(29(36)31-25)17-20-10-12-22(13-11-20)28(35)33-14-6-7-21(16-33)18-37-3/h4-5,8-13,15,19,21H,6-7,14,16-18H2,1-3H3,(H,31,36). The molecule has 0 radical (unpaired) electrons. The van der Waals surface area contributed by atoms with Crippen LogP contribution in [-0.4, -0.2) is 57.1 Å². The van der Waals surface area contributed by atoms with Crippen LogP contribution in [0.1, 0.15) is 54.1 Å². The Morgan fingerprint density at radius 2 is 1.95 bits per heavy atom. The molecular formula is C29H33N5O3. The number of aromatic nitrogens is 4. The highest BCUT2D eigenvalue weighted by atomic mass is 16.5. The Kier molecular flexibility index (Phi) is 7.19. The second kappa shape index (κ2) is 10.7. The van der Waals surface area contributed by atoms with Crippen LogP contribution in [0.4, 0.5) is 0 Å². The molecule has 2 aromatic carbocycles. The number of amides is 1. The number of nitrogens with zero attached hydrogens (tertiary/aromatic N) is 4. The molecule has 8 nitrogen and oxygen atoms in total. The number of nitrogens with one attached hydrogen (secondary N) is 1. The van der Waals surface area contributed by atoms with Crippen LogP contribution in [0.25, 0.3) is 22.6 Å². The molecule has 37 heavy (non-hydrogen) atoms. The fourth-order valence-electron chi connectivity index (χ4n) is 5.17. The zero-order valence-electron chi connectivity index (χ0n) is 21.6. The van der Waals surface area contributed by atoms with E-state index in [2.05, 4.69) is 29.9 Å². The van der Waals surface area contributed by atoms with Crippen molar-refractivity contribution in [3.8, 4) is 11.4 Å². The van der Waals surface area contributed by atoms with E-state index in [1.54, 1.807) is 17.9 Å². The van der Waals surface area contributed by atoms with Crippen LogP contribution in [0.3, 0.4) is 0 Å². The SMILES string of the molecule is COCC1CCCN(C(=O)c2ccc(Cn3c(=O)[nH]c4cnc(-c5ccccc5C(C)C)nc43)cc2)C1. The molecule has 1 unspecified atom stereocenters. The summed E-state index contributed by atoms with van der Waals surface area (Å²) in [6.45, 7) is 6.79.